The summed E-state index contributed by atoms with van der Waals surface area (Å²) in [5.74, 6) is 1.20. The summed E-state index contributed by atoms with van der Waals surface area (Å²) in [6.07, 6.45) is 6.17. The fourth-order valence-corrected chi connectivity index (χ4v) is 1.32. The van der Waals surface area contributed by atoms with Crippen LogP contribution in [0.2, 0.25) is 0 Å². The van der Waals surface area contributed by atoms with E-state index < -0.39 is 0 Å². The lowest BCUT2D eigenvalue weighted by molar-refractivity contribution is -0.674. The number of anilines is 1. The van der Waals surface area contributed by atoms with Crippen LogP contribution in [0.5, 0.6) is 0 Å². The Morgan fingerprint density at radius 2 is 2.45 bits per heavy atom. The Hall–Kier alpha value is -1.31. The van der Waals surface area contributed by atoms with Crippen LogP contribution < -0.4 is 9.88 Å². The summed E-state index contributed by atoms with van der Waals surface area (Å²) in [4.78, 5) is 0. The highest BCUT2D eigenvalue weighted by molar-refractivity contribution is 5.41. The zero-order valence-electron chi connectivity index (χ0n) is 6.54. The second-order valence-corrected chi connectivity index (χ2v) is 2.74. The Labute approximate surface area is 66.2 Å². The van der Waals surface area contributed by atoms with E-state index in [1.54, 1.807) is 0 Å². The minimum absolute atomic E-state index is 0.976. The molecule has 2 heterocycles. The molecule has 0 atom stereocenters. The van der Waals surface area contributed by atoms with E-state index in [9.17, 15) is 0 Å². The van der Waals surface area contributed by atoms with E-state index in [1.165, 1.54) is 11.4 Å². The third kappa shape index (κ3) is 1.00. The lowest BCUT2D eigenvalue weighted by Gasteiger charge is -2.08. The van der Waals surface area contributed by atoms with E-state index in [2.05, 4.69) is 41.2 Å². The summed E-state index contributed by atoms with van der Waals surface area (Å²) in [5, 5.41) is 3.21. The maximum atomic E-state index is 3.21. The van der Waals surface area contributed by atoms with Crippen molar-refractivity contribution >= 4 is 5.82 Å². The Kier molecular flexibility index (Phi) is 1.39. The van der Waals surface area contributed by atoms with Gasteiger partial charge in [0.1, 0.15) is 6.54 Å². The van der Waals surface area contributed by atoms with Gasteiger partial charge in [-0.3, -0.25) is 0 Å². The third-order valence-corrected chi connectivity index (χ3v) is 1.91. The smallest absolute Gasteiger partial charge is 0.247 e. The third-order valence-electron chi connectivity index (χ3n) is 1.91. The molecular weight excluding hydrogens is 136 g/mol. The molecule has 0 saturated heterocycles. The highest BCUT2D eigenvalue weighted by atomic mass is 15.1. The van der Waals surface area contributed by atoms with Gasteiger partial charge in [0.15, 0.2) is 0 Å². The predicted molar refractivity (Wildman–Crippen MR) is 44.1 cm³/mol. The summed E-state index contributed by atoms with van der Waals surface area (Å²) in [5.41, 5.74) is 1.29. The number of nitrogens with one attached hydrogen (secondary N) is 1. The first kappa shape index (κ1) is 6.40. The number of aryl methyl sites for hydroxylation is 1. The van der Waals surface area contributed by atoms with Crippen LogP contribution in [0.25, 0.3) is 0 Å². The van der Waals surface area contributed by atoms with Crippen LogP contribution in [0, 0.1) is 6.92 Å². The van der Waals surface area contributed by atoms with E-state index >= 15 is 0 Å². The Morgan fingerprint density at radius 3 is 3.27 bits per heavy atom. The normalized spacial score (nSPS) is 13.9. The molecule has 0 radical (unpaired) electrons. The summed E-state index contributed by atoms with van der Waals surface area (Å²) in [6, 6.07) is 4.18. The van der Waals surface area contributed by atoms with Crippen LogP contribution in [0.1, 0.15) is 5.56 Å². The highest BCUT2D eigenvalue weighted by Crippen LogP contribution is 2.09. The number of pyridine rings is 1. The molecule has 0 saturated carbocycles. The molecule has 0 fully saturated rings. The molecular formula is C9H11N2+. The van der Waals surface area contributed by atoms with Gasteiger partial charge in [0.05, 0.1) is 12.4 Å². The van der Waals surface area contributed by atoms with Gasteiger partial charge in [0.2, 0.25) is 0 Å². The van der Waals surface area contributed by atoms with Gasteiger partial charge in [-0.05, 0) is 25.1 Å². The van der Waals surface area contributed by atoms with E-state index in [-0.39, 0.29) is 0 Å². The second-order valence-electron chi connectivity index (χ2n) is 2.74. The maximum absolute atomic E-state index is 3.21. The van der Waals surface area contributed by atoms with Gasteiger partial charge in [0.25, 0.3) is 5.82 Å². The SMILES string of the molecule is Cc1ccc[n+]2c1NC=CC2. The lowest BCUT2D eigenvalue weighted by Crippen LogP contribution is -2.38. The molecule has 56 valence electrons. The van der Waals surface area contributed by atoms with Crippen LogP contribution >= 0.6 is 0 Å². The predicted octanol–water partition coefficient (Wildman–Crippen LogP) is 1.22. The van der Waals surface area contributed by atoms with Crippen LogP contribution in [0.3, 0.4) is 0 Å². The highest BCUT2D eigenvalue weighted by Gasteiger charge is 2.11. The molecule has 0 aromatic carbocycles. The molecule has 0 aliphatic carbocycles. The van der Waals surface area contributed by atoms with Crippen LogP contribution in [0.4, 0.5) is 5.82 Å². The molecule has 0 unspecified atom stereocenters. The number of aromatic nitrogens is 1. The largest absolute Gasteiger partial charge is 0.282 e. The first-order chi connectivity index (χ1) is 5.38. The Balaban J connectivity index is 2.54. The van der Waals surface area contributed by atoms with E-state index in [1.807, 2.05) is 6.20 Å². The second kappa shape index (κ2) is 2.38. The summed E-state index contributed by atoms with van der Waals surface area (Å²) in [7, 11) is 0. The van der Waals surface area contributed by atoms with Crippen LogP contribution in [-0.2, 0) is 6.54 Å². The van der Waals surface area contributed by atoms with Gasteiger partial charge in [0, 0.05) is 5.56 Å². The minimum atomic E-state index is 0.976. The topological polar surface area (TPSA) is 15.9 Å². The van der Waals surface area contributed by atoms with Crippen molar-refractivity contribution in [1.29, 1.82) is 0 Å². The van der Waals surface area contributed by atoms with Gasteiger partial charge in [-0.25, -0.2) is 9.88 Å². The van der Waals surface area contributed by atoms with Crippen molar-refractivity contribution in [2.45, 2.75) is 13.5 Å². The number of allylic oxidation sites excluding steroid dienone is 1. The molecule has 0 amide bonds. The average molecular weight is 147 g/mol. The zero-order chi connectivity index (χ0) is 7.68. The van der Waals surface area contributed by atoms with E-state index in [0.29, 0.717) is 0 Å². The van der Waals surface area contributed by atoms with Crippen molar-refractivity contribution in [3.63, 3.8) is 0 Å². The first-order valence-electron chi connectivity index (χ1n) is 3.78. The molecule has 11 heavy (non-hydrogen) atoms. The van der Waals surface area contributed by atoms with Crippen molar-refractivity contribution in [1.82, 2.24) is 0 Å². The quantitative estimate of drug-likeness (QED) is 0.546. The molecule has 2 nitrogen and oxygen atoms in total. The molecule has 1 N–H and O–H groups in total. The number of fused-ring (bicyclic) bond motifs is 1. The summed E-state index contributed by atoms with van der Waals surface area (Å²) >= 11 is 0. The average Bonchev–Trinajstić information content (AvgIpc) is 2.06. The fraction of sp³-hybridized carbons (Fsp3) is 0.222. The van der Waals surface area contributed by atoms with Gasteiger partial charge in [-0.2, -0.15) is 0 Å². The fourth-order valence-electron chi connectivity index (χ4n) is 1.32. The van der Waals surface area contributed by atoms with Crippen molar-refractivity contribution < 1.29 is 4.57 Å². The number of hydrogen-bond donors (Lipinski definition) is 1. The molecule has 2 rings (SSSR count). The van der Waals surface area contributed by atoms with Crippen LogP contribution in [-0.4, -0.2) is 0 Å². The Bertz CT molecular complexity index is 302. The van der Waals surface area contributed by atoms with Crippen molar-refractivity contribution in [3.05, 3.63) is 36.2 Å². The van der Waals surface area contributed by atoms with Gasteiger partial charge < -0.3 is 0 Å². The Morgan fingerprint density at radius 1 is 1.55 bits per heavy atom. The van der Waals surface area contributed by atoms with Crippen molar-refractivity contribution in [2.24, 2.45) is 0 Å². The molecule has 0 spiro atoms. The van der Waals surface area contributed by atoms with Crippen molar-refractivity contribution in [2.75, 3.05) is 5.32 Å². The van der Waals surface area contributed by atoms with E-state index in [0.717, 1.165) is 6.54 Å². The maximum Gasteiger partial charge on any atom is 0.282 e. The van der Waals surface area contributed by atoms with Crippen LogP contribution in [0.15, 0.2) is 30.6 Å². The molecule has 2 heteroatoms. The van der Waals surface area contributed by atoms with Gasteiger partial charge >= 0.3 is 0 Å². The number of nitrogens with zero attached hydrogens (tertiary/aromatic N) is 1. The summed E-state index contributed by atoms with van der Waals surface area (Å²) in [6.45, 7) is 3.09. The standard InChI is InChI=1S/C9H10N2/c1-8-4-2-6-11-7-3-5-10-9(8)11/h2-6H,7H2,1H3/p+1. The molecule has 1 aromatic rings. The van der Waals surface area contributed by atoms with E-state index in [4.69, 9.17) is 0 Å². The summed E-state index contributed by atoms with van der Waals surface area (Å²) < 4.78 is 2.19. The minimum Gasteiger partial charge on any atom is -0.247 e. The van der Waals surface area contributed by atoms with Gasteiger partial charge in [-0.1, -0.05) is 0 Å². The lowest BCUT2D eigenvalue weighted by atomic mass is 10.2. The van der Waals surface area contributed by atoms with Gasteiger partial charge in [-0.15, -0.1) is 0 Å². The number of rotatable bonds is 0. The molecule has 1 aromatic heterocycles. The molecule has 1 aliphatic rings. The molecule has 0 bridgehead atoms. The van der Waals surface area contributed by atoms with Crippen molar-refractivity contribution in [3.8, 4) is 0 Å². The number of hydrogen-bond acceptors (Lipinski definition) is 1. The molecule has 1 aliphatic heterocycles. The zero-order valence-corrected chi connectivity index (χ0v) is 6.54. The first-order valence-corrected chi connectivity index (χ1v) is 3.78. The monoisotopic (exact) mass is 147 g/mol.